The molecular formula is C22H22N4O6. The van der Waals surface area contributed by atoms with E-state index in [2.05, 4.69) is 10.6 Å². The zero-order chi connectivity index (χ0) is 23.3. The first-order valence-corrected chi connectivity index (χ1v) is 9.63. The Morgan fingerprint density at radius 3 is 1.56 bits per heavy atom. The van der Waals surface area contributed by atoms with Gasteiger partial charge in [0.1, 0.15) is 11.5 Å². The molecule has 0 fully saturated rings. The standard InChI is InChI=1S/C22H22N4O6/c1-15-5-7-17(11-19(15)31-13-23)25-21(27)29-9-3-4-10-30-22(28)26-18-8-6-16(2)20(12-18)32-14-24/h5-8,11-12H,3-4,9-10H2,1-2H3,(H,25,27)(H,26,28). The van der Waals surface area contributed by atoms with Crippen molar-refractivity contribution in [3.8, 4) is 24.0 Å². The molecule has 166 valence electrons. The SMILES string of the molecule is Cc1ccc(NC(=O)OCCCCOC(=O)Nc2ccc(C)c(OC#N)c2)cc1OC#N. The number of amides is 2. The highest BCUT2D eigenvalue weighted by Gasteiger charge is 2.08. The normalized spacial score (nSPS) is 9.62. The van der Waals surface area contributed by atoms with E-state index in [9.17, 15) is 9.59 Å². The molecule has 0 radical (unpaired) electrons. The van der Waals surface area contributed by atoms with Gasteiger partial charge >= 0.3 is 12.2 Å². The molecule has 0 aliphatic carbocycles. The average molecular weight is 438 g/mol. The number of hydrogen-bond acceptors (Lipinski definition) is 8. The van der Waals surface area contributed by atoms with E-state index in [1.165, 1.54) is 12.1 Å². The first-order valence-electron chi connectivity index (χ1n) is 9.63. The van der Waals surface area contributed by atoms with Gasteiger partial charge in [0, 0.05) is 23.5 Å². The number of nitrogens with one attached hydrogen (secondary N) is 2. The molecule has 10 heteroatoms. The molecule has 2 amide bonds. The van der Waals surface area contributed by atoms with Gasteiger partial charge in [0.25, 0.3) is 12.5 Å². The predicted molar refractivity (Wildman–Crippen MR) is 114 cm³/mol. The van der Waals surface area contributed by atoms with Gasteiger partial charge in [-0.15, -0.1) is 10.5 Å². The zero-order valence-electron chi connectivity index (χ0n) is 17.6. The van der Waals surface area contributed by atoms with Crippen LogP contribution in [0.3, 0.4) is 0 Å². The Bertz CT molecular complexity index is 958. The van der Waals surface area contributed by atoms with Crippen molar-refractivity contribution in [1.82, 2.24) is 0 Å². The van der Waals surface area contributed by atoms with Crippen LogP contribution in [0.25, 0.3) is 0 Å². The van der Waals surface area contributed by atoms with Crippen molar-refractivity contribution >= 4 is 23.6 Å². The van der Waals surface area contributed by atoms with E-state index in [1.807, 2.05) is 0 Å². The van der Waals surface area contributed by atoms with Crippen LogP contribution in [-0.4, -0.2) is 25.4 Å². The van der Waals surface area contributed by atoms with Gasteiger partial charge in [0.15, 0.2) is 0 Å². The molecule has 0 heterocycles. The molecule has 0 unspecified atom stereocenters. The van der Waals surface area contributed by atoms with Crippen LogP contribution in [0.15, 0.2) is 36.4 Å². The number of anilines is 2. The molecule has 0 saturated heterocycles. The Balaban J connectivity index is 1.64. The largest absolute Gasteiger partial charge is 0.449 e. The number of nitrogens with zero attached hydrogens (tertiary/aromatic N) is 2. The van der Waals surface area contributed by atoms with Crippen LogP contribution in [-0.2, 0) is 9.47 Å². The quantitative estimate of drug-likeness (QED) is 0.427. The van der Waals surface area contributed by atoms with Crippen LogP contribution in [0.4, 0.5) is 21.0 Å². The lowest BCUT2D eigenvalue weighted by Gasteiger charge is -2.10. The second kappa shape index (κ2) is 12.3. The third-order valence-electron chi connectivity index (χ3n) is 4.19. The molecule has 0 atom stereocenters. The lowest BCUT2D eigenvalue weighted by molar-refractivity contribution is 0.143. The summed E-state index contributed by atoms with van der Waals surface area (Å²) in [5.41, 5.74) is 2.39. The third kappa shape index (κ3) is 7.76. The fraction of sp³-hybridized carbons (Fsp3) is 0.273. The summed E-state index contributed by atoms with van der Waals surface area (Å²) in [4.78, 5) is 23.7. The summed E-state index contributed by atoms with van der Waals surface area (Å²) in [6, 6.07) is 9.79. The highest BCUT2D eigenvalue weighted by Crippen LogP contribution is 2.23. The molecule has 0 aromatic heterocycles. The minimum atomic E-state index is -0.648. The van der Waals surface area contributed by atoms with E-state index in [-0.39, 0.29) is 13.2 Å². The summed E-state index contributed by atoms with van der Waals surface area (Å²) in [6.07, 6.45) is 2.86. The van der Waals surface area contributed by atoms with Crippen molar-refractivity contribution in [2.75, 3.05) is 23.8 Å². The van der Waals surface area contributed by atoms with Crippen molar-refractivity contribution in [3.05, 3.63) is 47.5 Å². The van der Waals surface area contributed by atoms with Crippen LogP contribution in [0, 0.1) is 36.9 Å². The van der Waals surface area contributed by atoms with Gasteiger partial charge in [-0.2, -0.15) is 0 Å². The molecule has 2 aromatic rings. The Morgan fingerprint density at radius 1 is 0.781 bits per heavy atom. The van der Waals surface area contributed by atoms with Crippen molar-refractivity contribution in [3.63, 3.8) is 0 Å². The van der Waals surface area contributed by atoms with E-state index in [0.29, 0.717) is 35.7 Å². The number of unbranched alkanes of at least 4 members (excludes halogenated alkanes) is 1. The first-order chi connectivity index (χ1) is 15.4. The maximum Gasteiger partial charge on any atom is 0.411 e. The number of rotatable bonds is 9. The average Bonchev–Trinajstić information content (AvgIpc) is 2.75. The van der Waals surface area contributed by atoms with Crippen molar-refractivity contribution in [2.45, 2.75) is 26.7 Å². The zero-order valence-corrected chi connectivity index (χ0v) is 17.6. The number of ether oxygens (including phenoxy) is 4. The lowest BCUT2D eigenvalue weighted by atomic mass is 10.2. The monoisotopic (exact) mass is 438 g/mol. The minimum absolute atomic E-state index is 0.136. The van der Waals surface area contributed by atoms with Crippen LogP contribution in [0.2, 0.25) is 0 Å². The molecule has 2 N–H and O–H groups in total. The second-order valence-corrected chi connectivity index (χ2v) is 6.58. The first kappa shape index (κ1) is 23.8. The van der Waals surface area contributed by atoms with E-state index < -0.39 is 12.2 Å². The van der Waals surface area contributed by atoms with Crippen LogP contribution in [0.1, 0.15) is 24.0 Å². The van der Waals surface area contributed by atoms with E-state index >= 15 is 0 Å². The number of carbonyl (C=O) groups is 2. The molecule has 0 saturated carbocycles. The Hall–Kier alpha value is -4.44. The van der Waals surface area contributed by atoms with Gasteiger partial charge in [0.05, 0.1) is 13.2 Å². The molecule has 2 rings (SSSR count). The molecule has 32 heavy (non-hydrogen) atoms. The third-order valence-corrected chi connectivity index (χ3v) is 4.19. The van der Waals surface area contributed by atoms with Crippen molar-refractivity contribution in [1.29, 1.82) is 10.5 Å². The van der Waals surface area contributed by atoms with Gasteiger partial charge in [-0.1, -0.05) is 12.1 Å². The van der Waals surface area contributed by atoms with Crippen LogP contribution >= 0.6 is 0 Å². The lowest BCUT2D eigenvalue weighted by Crippen LogP contribution is -2.16. The number of hydrogen-bond donors (Lipinski definition) is 2. The Kier molecular flexibility index (Phi) is 9.16. The number of carbonyl (C=O) groups excluding carboxylic acids is 2. The van der Waals surface area contributed by atoms with Gasteiger partial charge in [-0.05, 0) is 49.9 Å². The number of nitriles is 2. The molecule has 10 nitrogen and oxygen atoms in total. The molecule has 0 aliphatic heterocycles. The van der Waals surface area contributed by atoms with Gasteiger partial charge in [0.2, 0.25) is 0 Å². The summed E-state index contributed by atoms with van der Waals surface area (Å²) in [5, 5.41) is 22.3. The van der Waals surface area contributed by atoms with Gasteiger partial charge in [-0.25, -0.2) is 9.59 Å². The fourth-order valence-corrected chi connectivity index (χ4v) is 2.52. The topological polar surface area (TPSA) is 143 Å². The molecule has 0 aliphatic rings. The van der Waals surface area contributed by atoms with E-state index in [1.54, 1.807) is 50.6 Å². The summed E-state index contributed by atoms with van der Waals surface area (Å²) >= 11 is 0. The Labute approximate surface area is 185 Å². The van der Waals surface area contributed by atoms with Gasteiger partial charge < -0.3 is 18.9 Å². The molecule has 0 spiro atoms. The smallest absolute Gasteiger partial charge is 0.411 e. The number of benzene rings is 2. The maximum atomic E-state index is 11.8. The summed E-state index contributed by atoms with van der Waals surface area (Å²) < 4.78 is 19.8. The van der Waals surface area contributed by atoms with E-state index in [4.69, 9.17) is 29.5 Å². The van der Waals surface area contributed by atoms with Crippen molar-refractivity contribution in [2.24, 2.45) is 0 Å². The summed E-state index contributed by atoms with van der Waals surface area (Å²) in [7, 11) is 0. The summed E-state index contributed by atoms with van der Waals surface area (Å²) in [6.45, 7) is 3.82. The molecular weight excluding hydrogens is 416 g/mol. The Morgan fingerprint density at radius 2 is 1.19 bits per heavy atom. The molecule has 2 aromatic carbocycles. The number of aryl methyl sites for hydroxylation is 2. The van der Waals surface area contributed by atoms with Crippen molar-refractivity contribution < 1.29 is 28.5 Å². The fourth-order valence-electron chi connectivity index (χ4n) is 2.52. The second-order valence-electron chi connectivity index (χ2n) is 6.58. The summed E-state index contributed by atoms with van der Waals surface area (Å²) in [5.74, 6) is 0.695. The maximum absolute atomic E-state index is 11.8. The van der Waals surface area contributed by atoms with Gasteiger partial charge in [-0.3, -0.25) is 10.6 Å². The predicted octanol–water partition coefficient (Wildman–Crippen LogP) is 4.60. The van der Waals surface area contributed by atoms with Crippen LogP contribution in [0.5, 0.6) is 11.5 Å². The minimum Gasteiger partial charge on any atom is -0.449 e. The molecule has 0 bridgehead atoms. The van der Waals surface area contributed by atoms with E-state index in [0.717, 1.165) is 11.1 Å². The highest BCUT2D eigenvalue weighted by atomic mass is 16.6. The highest BCUT2D eigenvalue weighted by molar-refractivity contribution is 5.85. The van der Waals surface area contributed by atoms with Crippen LogP contribution < -0.4 is 20.1 Å².